The molecule has 43 heavy (non-hydrogen) atoms. The zero-order chi connectivity index (χ0) is 30.9. The van der Waals surface area contributed by atoms with Gasteiger partial charge >= 0.3 is 6.09 Å². The Bertz CT molecular complexity index is 1430. The molecule has 2 N–H and O–H groups in total. The highest BCUT2D eigenvalue weighted by molar-refractivity contribution is 6.31. The quantitative estimate of drug-likeness (QED) is 0.299. The van der Waals surface area contributed by atoms with Crippen LogP contribution in [-0.4, -0.2) is 82.6 Å². The first-order valence-electron chi connectivity index (χ1n) is 14.4. The molecular weight excluding hydrogens is 575 g/mol. The topological polar surface area (TPSA) is 107 Å². The van der Waals surface area contributed by atoms with Gasteiger partial charge in [0.25, 0.3) is 0 Å². The summed E-state index contributed by atoms with van der Waals surface area (Å²) in [6.07, 6.45) is 1.28. The van der Waals surface area contributed by atoms with Gasteiger partial charge in [0.05, 0.1) is 11.1 Å². The van der Waals surface area contributed by atoms with E-state index in [1.807, 2.05) is 29.2 Å². The predicted molar refractivity (Wildman–Crippen MR) is 164 cm³/mol. The van der Waals surface area contributed by atoms with E-state index in [2.05, 4.69) is 34.5 Å². The van der Waals surface area contributed by atoms with E-state index in [0.717, 1.165) is 23.9 Å². The number of nitrogens with zero attached hydrogens (tertiary/aromatic N) is 4. The highest BCUT2D eigenvalue weighted by Gasteiger charge is 2.27. The molecule has 0 spiro atoms. The van der Waals surface area contributed by atoms with Crippen molar-refractivity contribution < 1.29 is 23.5 Å². The number of fused-ring (bicyclic) bond motifs is 1. The molecule has 10 nitrogen and oxygen atoms in total. The van der Waals surface area contributed by atoms with Gasteiger partial charge in [-0.3, -0.25) is 24.8 Å². The molecule has 0 aliphatic carbocycles. The second-order valence-electron chi connectivity index (χ2n) is 10.8. The maximum atomic E-state index is 14.0. The average molecular weight is 613 g/mol. The zero-order valence-corrected chi connectivity index (χ0v) is 25.4. The number of carbonyl (C=O) groups is 3. The molecule has 1 atom stereocenters. The SMILES string of the molecule is CC(=O)N(NCc1cccc(F)c1Cl)[C@@H](CCC(=O)N1CCN(C(C)C)CC1)COC(=O)Nc1cc2ccccc2cn1. The highest BCUT2D eigenvalue weighted by Crippen LogP contribution is 2.20. The number of halogens is 2. The molecule has 2 heterocycles. The largest absolute Gasteiger partial charge is 0.447 e. The van der Waals surface area contributed by atoms with Crippen LogP contribution in [0.4, 0.5) is 15.0 Å². The van der Waals surface area contributed by atoms with Crippen LogP contribution in [0.5, 0.6) is 0 Å². The smallest absolute Gasteiger partial charge is 0.412 e. The molecule has 0 radical (unpaired) electrons. The van der Waals surface area contributed by atoms with Crippen LogP contribution in [0.3, 0.4) is 0 Å². The van der Waals surface area contributed by atoms with E-state index in [1.54, 1.807) is 18.3 Å². The molecule has 1 aliphatic rings. The minimum absolute atomic E-state index is 0.0325. The first kappa shape index (κ1) is 32.1. The third-order valence-electron chi connectivity index (χ3n) is 7.53. The summed E-state index contributed by atoms with van der Waals surface area (Å²) < 4.78 is 19.5. The Labute approximate surface area is 256 Å². The highest BCUT2D eigenvalue weighted by atomic mass is 35.5. The van der Waals surface area contributed by atoms with Gasteiger partial charge in [0.1, 0.15) is 18.2 Å². The Morgan fingerprint density at radius 3 is 2.49 bits per heavy atom. The van der Waals surface area contributed by atoms with E-state index in [4.69, 9.17) is 16.3 Å². The van der Waals surface area contributed by atoms with Gasteiger partial charge in [-0.15, -0.1) is 0 Å². The first-order valence-corrected chi connectivity index (χ1v) is 14.8. The summed E-state index contributed by atoms with van der Waals surface area (Å²) in [6, 6.07) is 13.5. The molecule has 3 aromatic rings. The molecule has 12 heteroatoms. The summed E-state index contributed by atoms with van der Waals surface area (Å²) >= 11 is 6.11. The lowest BCUT2D eigenvalue weighted by Gasteiger charge is -2.37. The van der Waals surface area contributed by atoms with Gasteiger partial charge in [-0.2, -0.15) is 0 Å². The van der Waals surface area contributed by atoms with Gasteiger partial charge in [0.2, 0.25) is 11.8 Å². The van der Waals surface area contributed by atoms with Crippen molar-refractivity contribution in [3.63, 3.8) is 0 Å². The van der Waals surface area contributed by atoms with Crippen LogP contribution in [0.15, 0.2) is 54.7 Å². The van der Waals surface area contributed by atoms with E-state index in [1.165, 1.54) is 24.1 Å². The Morgan fingerprint density at radius 1 is 1.07 bits per heavy atom. The fourth-order valence-electron chi connectivity index (χ4n) is 5.04. The predicted octanol–water partition coefficient (Wildman–Crippen LogP) is 4.83. The normalized spacial score (nSPS) is 14.5. The minimum Gasteiger partial charge on any atom is -0.447 e. The molecule has 1 aliphatic heterocycles. The third-order valence-corrected chi connectivity index (χ3v) is 7.96. The molecule has 1 fully saturated rings. The van der Waals surface area contributed by atoms with Crippen molar-refractivity contribution in [2.45, 2.75) is 52.2 Å². The number of anilines is 1. The lowest BCUT2D eigenvalue weighted by atomic mass is 10.1. The molecule has 1 saturated heterocycles. The molecule has 0 bridgehead atoms. The van der Waals surface area contributed by atoms with Crippen LogP contribution in [-0.2, 0) is 20.9 Å². The number of ether oxygens (including phenoxy) is 1. The van der Waals surface area contributed by atoms with Crippen molar-refractivity contribution in [2.75, 3.05) is 38.1 Å². The Hall–Kier alpha value is -3.80. The number of hydrazine groups is 1. The van der Waals surface area contributed by atoms with Gasteiger partial charge in [0.15, 0.2) is 0 Å². The van der Waals surface area contributed by atoms with Crippen LogP contribution < -0.4 is 10.7 Å². The van der Waals surface area contributed by atoms with Crippen molar-refractivity contribution in [1.82, 2.24) is 25.2 Å². The van der Waals surface area contributed by atoms with Crippen LogP contribution in [0.2, 0.25) is 5.02 Å². The standard InChI is InChI=1S/C31H38ClFN6O4/c1-21(2)37-13-15-38(16-14-37)29(41)12-11-26(39(22(3)40)35-19-25-9-6-10-27(33)30(25)32)20-43-31(42)36-28-17-23-7-4-5-8-24(23)18-34-28/h4-10,17-18,21,26,35H,11-16,19-20H2,1-3H3,(H,34,36,42)/t26-/m0/s1. The molecule has 0 saturated carbocycles. The van der Waals surface area contributed by atoms with Gasteiger partial charge in [-0.1, -0.05) is 48.0 Å². The number of nitrogens with one attached hydrogen (secondary N) is 2. The number of amides is 3. The van der Waals surface area contributed by atoms with Crippen LogP contribution >= 0.6 is 11.6 Å². The summed E-state index contributed by atoms with van der Waals surface area (Å²) in [5, 5.41) is 5.72. The summed E-state index contributed by atoms with van der Waals surface area (Å²) in [7, 11) is 0. The number of hydrogen-bond acceptors (Lipinski definition) is 7. The number of hydrogen-bond donors (Lipinski definition) is 2. The number of rotatable bonds is 11. The average Bonchev–Trinajstić information content (AvgIpc) is 2.99. The fraction of sp³-hybridized carbons (Fsp3) is 0.419. The third kappa shape index (κ3) is 8.85. The molecule has 230 valence electrons. The van der Waals surface area contributed by atoms with E-state index in [-0.39, 0.29) is 42.8 Å². The summed E-state index contributed by atoms with van der Waals surface area (Å²) in [4.78, 5) is 47.0. The van der Waals surface area contributed by atoms with E-state index in [0.29, 0.717) is 30.5 Å². The second kappa shape index (κ2) is 15.1. The maximum Gasteiger partial charge on any atom is 0.412 e. The lowest BCUT2D eigenvalue weighted by molar-refractivity contribution is -0.139. The van der Waals surface area contributed by atoms with Gasteiger partial charge in [0, 0.05) is 63.7 Å². The number of piperazine rings is 1. The summed E-state index contributed by atoms with van der Waals surface area (Å²) in [6.45, 7) is 8.34. The van der Waals surface area contributed by atoms with Crippen molar-refractivity contribution >= 4 is 46.1 Å². The van der Waals surface area contributed by atoms with E-state index < -0.39 is 18.0 Å². The number of carbonyl (C=O) groups excluding carboxylic acids is 3. The fourth-order valence-corrected chi connectivity index (χ4v) is 5.23. The Balaban J connectivity index is 1.42. The molecule has 0 unspecified atom stereocenters. The van der Waals surface area contributed by atoms with Gasteiger partial charge < -0.3 is 9.64 Å². The van der Waals surface area contributed by atoms with Crippen molar-refractivity contribution in [3.05, 3.63) is 71.1 Å². The van der Waals surface area contributed by atoms with Crippen molar-refractivity contribution in [3.8, 4) is 0 Å². The summed E-state index contributed by atoms with van der Waals surface area (Å²) in [5.74, 6) is -0.652. The number of pyridine rings is 1. The lowest BCUT2D eigenvalue weighted by Crippen LogP contribution is -2.52. The molecule has 2 aromatic carbocycles. The van der Waals surface area contributed by atoms with Crippen molar-refractivity contribution in [1.29, 1.82) is 0 Å². The van der Waals surface area contributed by atoms with Crippen LogP contribution in [0.1, 0.15) is 39.2 Å². The molecule has 1 aromatic heterocycles. The van der Waals surface area contributed by atoms with Crippen molar-refractivity contribution in [2.24, 2.45) is 0 Å². The van der Waals surface area contributed by atoms with E-state index in [9.17, 15) is 18.8 Å². The number of benzene rings is 2. The Kier molecular flexibility index (Phi) is 11.3. The second-order valence-corrected chi connectivity index (χ2v) is 11.2. The molecule has 3 amide bonds. The van der Waals surface area contributed by atoms with Gasteiger partial charge in [-0.25, -0.2) is 19.6 Å². The number of aromatic nitrogens is 1. The minimum atomic E-state index is -0.749. The molecular formula is C31H38ClFN6O4. The Morgan fingerprint density at radius 2 is 1.79 bits per heavy atom. The van der Waals surface area contributed by atoms with Crippen LogP contribution in [0.25, 0.3) is 10.8 Å². The van der Waals surface area contributed by atoms with Gasteiger partial charge in [-0.05, 0) is 43.4 Å². The first-order chi connectivity index (χ1) is 20.6. The summed E-state index contributed by atoms with van der Waals surface area (Å²) in [5.41, 5.74) is 3.45. The maximum absolute atomic E-state index is 14.0. The monoisotopic (exact) mass is 612 g/mol. The van der Waals surface area contributed by atoms with Crippen LogP contribution in [0, 0.1) is 5.82 Å². The van der Waals surface area contributed by atoms with E-state index >= 15 is 0 Å². The zero-order valence-electron chi connectivity index (χ0n) is 24.7. The molecule has 4 rings (SSSR count).